The van der Waals surface area contributed by atoms with E-state index in [0.717, 1.165) is 5.56 Å². The summed E-state index contributed by atoms with van der Waals surface area (Å²) < 4.78 is 0. The first-order valence-electron chi connectivity index (χ1n) is 5.72. The molecule has 0 aliphatic carbocycles. The standard InChI is InChI=1S/C11H15N7O/c1-7(12)8-4-3-5-9(6-8)13-11(19)14-10-15-17-18(2)16-10/h3-7H,12H2,1-2H3,(H2,13,14,16,19). The highest BCUT2D eigenvalue weighted by Crippen LogP contribution is 2.15. The molecule has 0 spiro atoms. The summed E-state index contributed by atoms with van der Waals surface area (Å²) in [5.41, 5.74) is 7.37. The van der Waals surface area contributed by atoms with Gasteiger partial charge in [0.2, 0.25) is 0 Å². The number of rotatable bonds is 3. The second-order valence-electron chi connectivity index (χ2n) is 4.10. The summed E-state index contributed by atoms with van der Waals surface area (Å²) in [4.78, 5) is 13.0. The van der Waals surface area contributed by atoms with Gasteiger partial charge in [-0.15, -0.1) is 5.10 Å². The van der Waals surface area contributed by atoms with E-state index in [1.165, 1.54) is 4.80 Å². The quantitative estimate of drug-likeness (QED) is 0.759. The number of carbonyl (C=O) groups is 1. The lowest BCUT2D eigenvalue weighted by molar-refractivity contribution is 0.262. The van der Waals surface area contributed by atoms with E-state index in [1.54, 1.807) is 13.1 Å². The highest BCUT2D eigenvalue weighted by atomic mass is 16.2. The van der Waals surface area contributed by atoms with E-state index in [0.29, 0.717) is 5.69 Å². The molecule has 0 bridgehead atoms. The molecule has 0 saturated carbocycles. The van der Waals surface area contributed by atoms with Crippen LogP contribution < -0.4 is 16.4 Å². The van der Waals surface area contributed by atoms with Crippen molar-refractivity contribution in [3.63, 3.8) is 0 Å². The van der Waals surface area contributed by atoms with Gasteiger partial charge >= 0.3 is 6.03 Å². The van der Waals surface area contributed by atoms with E-state index in [4.69, 9.17) is 5.73 Å². The number of benzene rings is 1. The molecule has 1 aromatic heterocycles. The molecule has 4 N–H and O–H groups in total. The average molecular weight is 261 g/mol. The molecular formula is C11H15N7O. The molecular weight excluding hydrogens is 246 g/mol. The molecule has 0 radical (unpaired) electrons. The summed E-state index contributed by atoms with van der Waals surface area (Å²) in [5, 5.41) is 16.2. The fourth-order valence-electron chi connectivity index (χ4n) is 1.50. The molecule has 8 heteroatoms. The van der Waals surface area contributed by atoms with Gasteiger partial charge in [0, 0.05) is 11.7 Å². The first-order chi connectivity index (χ1) is 9.04. The molecule has 0 fully saturated rings. The van der Waals surface area contributed by atoms with Crippen LogP contribution in [-0.2, 0) is 7.05 Å². The number of amides is 2. The Balaban J connectivity index is 2.00. The van der Waals surface area contributed by atoms with Crippen LogP contribution >= 0.6 is 0 Å². The number of tetrazole rings is 1. The molecule has 1 atom stereocenters. The Kier molecular flexibility index (Phi) is 3.71. The van der Waals surface area contributed by atoms with Crippen molar-refractivity contribution < 1.29 is 4.79 Å². The topological polar surface area (TPSA) is 111 Å². The van der Waals surface area contributed by atoms with Crippen LogP contribution in [0, 0.1) is 0 Å². The van der Waals surface area contributed by atoms with Gasteiger partial charge in [-0.05, 0) is 29.8 Å². The monoisotopic (exact) mass is 261 g/mol. The zero-order valence-electron chi connectivity index (χ0n) is 10.7. The second kappa shape index (κ2) is 5.44. The van der Waals surface area contributed by atoms with Crippen molar-refractivity contribution in [2.45, 2.75) is 13.0 Å². The number of aryl methyl sites for hydroxylation is 1. The van der Waals surface area contributed by atoms with Gasteiger partial charge in [-0.2, -0.15) is 4.80 Å². The van der Waals surface area contributed by atoms with Crippen LogP contribution in [0.5, 0.6) is 0 Å². The number of carbonyl (C=O) groups excluding carboxylic acids is 1. The van der Waals surface area contributed by atoms with E-state index < -0.39 is 6.03 Å². The van der Waals surface area contributed by atoms with Gasteiger partial charge in [0.05, 0.1) is 7.05 Å². The first kappa shape index (κ1) is 13.0. The van der Waals surface area contributed by atoms with Gasteiger partial charge in [-0.3, -0.25) is 5.32 Å². The molecule has 0 saturated heterocycles. The molecule has 1 heterocycles. The number of urea groups is 1. The zero-order valence-corrected chi connectivity index (χ0v) is 10.7. The van der Waals surface area contributed by atoms with E-state index >= 15 is 0 Å². The molecule has 2 amide bonds. The van der Waals surface area contributed by atoms with Gasteiger partial charge in [0.25, 0.3) is 5.95 Å². The Morgan fingerprint density at radius 3 is 2.84 bits per heavy atom. The fraction of sp³-hybridized carbons (Fsp3) is 0.273. The Morgan fingerprint density at radius 1 is 1.42 bits per heavy atom. The number of nitrogens with two attached hydrogens (primary N) is 1. The fourth-order valence-corrected chi connectivity index (χ4v) is 1.50. The predicted octanol–water partition coefficient (Wildman–Crippen LogP) is 0.874. The van der Waals surface area contributed by atoms with Gasteiger partial charge < -0.3 is 11.1 Å². The third-order valence-corrected chi connectivity index (χ3v) is 2.40. The molecule has 1 aromatic carbocycles. The Bertz CT molecular complexity index is 578. The third-order valence-electron chi connectivity index (χ3n) is 2.40. The van der Waals surface area contributed by atoms with Crippen LogP contribution in [0.4, 0.5) is 16.4 Å². The average Bonchev–Trinajstić information content (AvgIpc) is 2.74. The molecule has 2 aromatic rings. The van der Waals surface area contributed by atoms with Crippen LogP contribution in [0.1, 0.15) is 18.5 Å². The molecule has 0 aliphatic rings. The number of nitrogens with one attached hydrogen (secondary N) is 2. The lowest BCUT2D eigenvalue weighted by Gasteiger charge is -2.09. The highest BCUT2D eigenvalue weighted by Gasteiger charge is 2.07. The normalized spacial score (nSPS) is 11.9. The van der Waals surface area contributed by atoms with Crippen molar-refractivity contribution in [3.05, 3.63) is 29.8 Å². The number of hydrogen-bond donors (Lipinski definition) is 3. The minimum Gasteiger partial charge on any atom is -0.324 e. The van der Waals surface area contributed by atoms with E-state index in [-0.39, 0.29) is 12.0 Å². The van der Waals surface area contributed by atoms with Crippen molar-refractivity contribution in [3.8, 4) is 0 Å². The van der Waals surface area contributed by atoms with Crippen LogP contribution in [-0.4, -0.2) is 26.2 Å². The Labute approximate surface area is 110 Å². The summed E-state index contributed by atoms with van der Waals surface area (Å²) >= 11 is 0. The van der Waals surface area contributed by atoms with Crippen molar-refractivity contribution in [2.75, 3.05) is 10.6 Å². The minimum atomic E-state index is -0.435. The van der Waals surface area contributed by atoms with Gasteiger partial charge in [0.15, 0.2) is 0 Å². The Morgan fingerprint density at radius 2 is 2.21 bits per heavy atom. The van der Waals surface area contributed by atoms with Crippen LogP contribution in [0.2, 0.25) is 0 Å². The maximum Gasteiger partial charge on any atom is 0.326 e. The maximum atomic E-state index is 11.7. The summed E-state index contributed by atoms with van der Waals surface area (Å²) in [7, 11) is 1.61. The smallest absolute Gasteiger partial charge is 0.324 e. The molecule has 0 aliphatic heterocycles. The molecule has 2 rings (SSSR count). The summed E-state index contributed by atoms with van der Waals surface area (Å²) in [6.45, 7) is 1.88. The largest absolute Gasteiger partial charge is 0.326 e. The van der Waals surface area contributed by atoms with E-state index in [9.17, 15) is 4.79 Å². The molecule has 19 heavy (non-hydrogen) atoms. The van der Waals surface area contributed by atoms with Crippen molar-refractivity contribution in [2.24, 2.45) is 12.8 Å². The summed E-state index contributed by atoms with van der Waals surface area (Å²) in [6, 6.07) is 6.79. The second-order valence-corrected chi connectivity index (χ2v) is 4.10. The predicted molar refractivity (Wildman–Crippen MR) is 70.5 cm³/mol. The summed E-state index contributed by atoms with van der Waals surface area (Å²) in [5.74, 6) is 0.142. The SMILES string of the molecule is CC(N)c1cccc(NC(=O)Nc2nnn(C)n2)c1. The van der Waals surface area contributed by atoms with Crippen molar-refractivity contribution in [1.82, 2.24) is 20.2 Å². The van der Waals surface area contributed by atoms with Crippen molar-refractivity contribution >= 4 is 17.7 Å². The van der Waals surface area contributed by atoms with Crippen molar-refractivity contribution in [1.29, 1.82) is 0 Å². The minimum absolute atomic E-state index is 0.0912. The van der Waals surface area contributed by atoms with Crippen LogP contribution in [0.25, 0.3) is 0 Å². The summed E-state index contributed by atoms with van der Waals surface area (Å²) in [6.07, 6.45) is 0. The lowest BCUT2D eigenvalue weighted by Crippen LogP contribution is -2.20. The van der Waals surface area contributed by atoms with Crippen LogP contribution in [0.3, 0.4) is 0 Å². The number of aromatic nitrogens is 4. The highest BCUT2D eigenvalue weighted by molar-refractivity contribution is 5.98. The number of hydrogen-bond acceptors (Lipinski definition) is 5. The third kappa shape index (κ3) is 3.49. The zero-order chi connectivity index (χ0) is 13.8. The molecule has 100 valence electrons. The molecule has 1 unspecified atom stereocenters. The van der Waals surface area contributed by atoms with E-state index in [1.807, 2.05) is 25.1 Å². The van der Waals surface area contributed by atoms with Gasteiger partial charge in [-0.1, -0.05) is 17.2 Å². The lowest BCUT2D eigenvalue weighted by atomic mass is 10.1. The Hall–Kier alpha value is -2.48. The first-order valence-corrected chi connectivity index (χ1v) is 5.72. The van der Waals surface area contributed by atoms with Crippen LogP contribution in [0.15, 0.2) is 24.3 Å². The van der Waals surface area contributed by atoms with Gasteiger partial charge in [-0.25, -0.2) is 4.79 Å². The van der Waals surface area contributed by atoms with E-state index in [2.05, 4.69) is 26.0 Å². The number of anilines is 2. The van der Waals surface area contributed by atoms with Gasteiger partial charge in [0.1, 0.15) is 0 Å². The maximum absolute atomic E-state index is 11.7. The number of nitrogens with zero attached hydrogens (tertiary/aromatic N) is 4. The molecule has 8 nitrogen and oxygen atoms in total.